The highest BCUT2D eigenvalue weighted by molar-refractivity contribution is 6.17. The number of nitrogens with zero attached hydrogens (tertiary/aromatic N) is 1. The molecule has 1 aliphatic carbocycles. The molecule has 0 atom stereocenters. The van der Waals surface area contributed by atoms with E-state index in [2.05, 4.69) is 101 Å². The van der Waals surface area contributed by atoms with Crippen molar-refractivity contribution in [3.63, 3.8) is 0 Å². The molecule has 7 rings (SSSR count). The van der Waals surface area contributed by atoms with Gasteiger partial charge < -0.3 is 4.74 Å². The average Bonchev–Trinajstić information content (AvgIpc) is 3.45. The maximum absolute atomic E-state index is 7.09. The van der Waals surface area contributed by atoms with Crippen LogP contribution in [0.25, 0.3) is 43.6 Å². The third-order valence-electron chi connectivity index (χ3n) is 9.69. The van der Waals surface area contributed by atoms with Crippen molar-refractivity contribution < 1.29 is 9.30 Å². The summed E-state index contributed by atoms with van der Waals surface area (Å²) in [5.41, 5.74) is 8.19. The molecule has 0 saturated heterocycles. The number of ether oxygens (including phenoxy) is 1. The van der Waals surface area contributed by atoms with Crippen LogP contribution in [0, 0.1) is 24.7 Å². The lowest BCUT2D eigenvalue weighted by Gasteiger charge is -2.27. The summed E-state index contributed by atoms with van der Waals surface area (Å²) in [6.07, 6.45) is 11.1. The number of hydrogen-bond acceptors (Lipinski definition) is 1. The van der Waals surface area contributed by atoms with E-state index in [1.807, 2.05) is 0 Å². The summed E-state index contributed by atoms with van der Waals surface area (Å²) in [4.78, 5) is 0. The fourth-order valence-corrected chi connectivity index (χ4v) is 7.93. The second-order valence-corrected chi connectivity index (χ2v) is 13.8. The van der Waals surface area contributed by atoms with Crippen LogP contribution in [0.4, 0.5) is 0 Å². The summed E-state index contributed by atoms with van der Waals surface area (Å²) < 4.78 is 9.43. The number of aryl methyl sites for hydroxylation is 2. The number of aromatic nitrogens is 1. The first-order valence-electron chi connectivity index (χ1n) is 15.9. The number of hydrogen-bond donors (Lipinski definition) is 0. The maximum atomic E-state index is 7.09. The minimum absolute atomic E-state index is 0.532. The summed E-state index contributed by atoms with van der Waals surface area (Å²) in [7, 11) is 2.21. The van der Waals surface area contributed by atoms with E-state index in [9.17, 15) is 0 Å². The Bertz CT molecular complexity index is 1820. The Morgan fingerprint density at radius 2 is 1.63 bits per heavy atom. The summed E-state index contributed by atoms with van der Waals surface area (Å²) in [6.45, 7) is 11.6. The molecular formula is C39H44NO+. The molecule has 1 aliphatic heterocycles. The zero-order valence-corrected chi connectivity index (χ0v) is 25.7. The molecule has 4 aromatic carbocycles. The smallest absolute Gasteiger partial charge is 0.228 e. The molecule has 0 unspecified atom stereocenters. The van der Waals surface area contributed by atoms with E-state index in [1.54, 1.807) is 0 Å². The summed E-state index contributed by atoms with van der Waals surface area (Å²) >= 11 is 0. The summed E-state index contributed by atoms with van der Waals surface area (Å²) in [5, 5.41) is 8.05. The van der Waals surface area contributed by atoms with Crippen molar-refractivity contribution in [2.24, 2.45) is 24.8 Å². The van der Waals surface area contributed by atoms with Gasteiger partial charge in [-0.25, -0.2) is 4.57 Å². The van der Waals surface area contributed by atoms with Gasteiger partial charge in [0.25, 0.3) is 0 Å². The van der Waals surface area contributed by atoms with Gasteiger partial charge in [0, 0.05) is 17.0 Å². The molecule has 0 bridgehead atoms. The molecule has 41 heavy (non-hydrogen) atoms. The van der Waals surface area contributed by atoms with Gasteiger partial charge in [0.2, 0.25) is 5.69 Å². The molecule has 210 valence electrons. The Labute approximate surface area is 245 Å². The number of pyridine rings is 1. The van der Waals surface area contributed by atoms with Crippen LogP contribution < -0.4 is 9.30 Å². The van der Waals surface area contributed by atoms with Crippen molar-refractivity contribution >= 4 is 32.3 Å². The van der Waals surface area contributed by atoms with Gasteiger partial charge in [0.1, 0.15) is 18.5 Å². The Morgan fingerprint density at radius 1 is 0.854 bits per heavy atom. The molecule has 0 radical (unpaired) electrons. The Kier molecular flexibility index (Phi) is 6.57. The van der Waals surface area contributed by atoms with Crippen LogP contribution in [0.5, 0.6) is 11.5 Å². The topological polar surface area (TPSA) is 13.1 Å². The van der Waals surface area contributed by atoms with Crippen molar-refractivity contribution in [2.75, 3.05) is 0 Å². The van der Waals surface area contributed by atoms with Crippen LogP contribution in [-0.4, -0.2) is 0 Å². The molecule has 2 nitrogen and oxygen atoms in total. The van der Waals surface area contributed by atoms with E-state index in [0.29, 0.717) is 11.8 Å². The predicted octanol–water partition coefficient (Wildman–Crippen LogP) is 10.2. The van der Waals surface area contributed by atoms with Crippen LogP contribution in [0.15, 0.2) is 54.7 Å². The fraction of sp³-hybridized carbons (Fsp3) is 0.410. The number of rotatable bonds is 6. The Morgan fingerprint density at radius 3 is 2.39 bits per heavy atom. The molecule has 1 saturated carbocycles. The first-order chi connectivity index (χ1) is 19.8. The van der Waals surface area contributed by atoms with Crippen LogP contribution in [0.3, 0.4) is 0 Å². The highest BCUT2D eigenvalue weighted by Gasteiger charge is 2.34. The van der Waals surface area contributed by atoms with Gasteiger partial charge in [-0.15, -0.1) is 0 Å². The second kappa shape index (κ2) is 10.2. The second-order valence-electron chi connectivity index (χ2n) is 13.8. The summed E-state index contributed by atoms with van der Waals surface area (Å²) in [6, 6.07) is 18.7. The molecule has 2 aliphatic rings. The maximum Gasteiger partial charge on any atom is 0.228 e. The fourth-order valence-electron chi connectivity index (χ4n) is 7.93. The minimum atomic E-state index is 0.532. The van der Waals surface area contributed by atoms with Gasteiger partial charge in [-0.3, -0.25) is 0 Å². The first kappa shape index (κ1) is 26.5. The van der Waals surface area contributed by atoms with E-state index in [1.165, 1.54) is 97.9 Å². The summed E-state index contributed by atoms with van der Waals surface area (Å²) in [5.74, 6) is 4.05. The SMILES string of the molecule is Cc1c2c(c(CC(C)C)c3ccc(CC(C)C)cc13)Oc1cc3cccc(CC4CCCC4)c3c3cc[n+](C)c-2c13. The molecule has 5 aromatic rings. The van der Waals surface area contributed by atoms with Gasteiger partial charge >= 0.3 is 0 Å². The Balaban J connectivity index is 1.54. The third-order valence-corrected chi connectivity index (χ3v) is 9.69. The first-order valence-corrected chi connectivity index (χ1v) is 15.9. The molecule has 0 spiro atoms. The molecule has 0 N–H and O–H groups in total. The molecular weight excluding hydrogens is 498 g/mol. The van der Waals surface area contributed by atoms with Gasteiger partial charge in [-0.1, -0.05) is 89.8 Å². The van der Waals surface area contributed by atoms with Crippen LogP contribution in [0.1, 0.15) is 75.6 Å². The van der Waals surface area contributed by atoms with E-state index < -0.39 is 0 Å². The number of fused-ring (bicyclic) bond motifs is 5. The van der Waals surface area contributed by atoms with Crippen molar-refractivity contribution in [1.29, 1.82) is 0 Å². The van der Waals surface area contributed by atoms with Crippen molar-refractivity contribution in [3.8, 4) is 22.8 Å². The quantitative estimate of drug-likeness (QED) is 0.151. The van der Waals surface area contributed by atoms with Gasteiger partial charge in [-0.2, -0.15) is 0 Å². The van der Waals surface area contributed by atoms with Crippen LogP contribution in [0.2, 0.25) is 0 Å². The largest absolute Gasteiger partial charge is 0.455 e. The molecule has 2 heteroatoms. The van der Waals surface area contributed by atoms with E-state index in [4.69, 9.17) is 4.74 Å². The molecule has 1 aromatic heterocycles. The Hall–Kier alpha value is -3.39. The standard InChI is InChI=1S/C39H44NO/c1-23(2)18-27-14-15-30-32(21-27)25(5)35-38-37-31(16-17-40(38)6)36-28(20-26-10-7-8-11-26)12-9-13-29(36)22-34(37)41-39(35)33(30)19-24(3)4/h9,12-17,21-24,26H,7-8,10-11,18-20H2,1-6H3/q+1. The third kappa shape index (κ3) is 4.42. The van der Waals surface area contributed by atoms with Crippen molar-refractivity contribution in [1.82, 2.24) is 0 Å². The zero-order chi connectivity index (χ0) is 28.4. The van der Waals surface area contributed by atoms with Gasteiger partial charge in [-0.05, 0) is 88.2 Å². The lowest BCUT2D eigenvalue weighted by molar-refractivity contribution is -0.659. The van der Waals surface area contributed by atoms with Crippen LogP contribution in [-0.2, 0) is 26.3 Å². The lowest BCUT2D eigenvalue weighted by Crippen LogP contribution is -2.32. The monoisotopic (exact) mass is 542 g/mol. The van der Waals surface area contributed by atoms with E-state index in [-0.39, 0.29) is 0 Å². The van der Waals surface area contributed by atoms with Gasteiger partial charge in [0.15, 0.2) is 6.20 Å². The molecule has 2 heterocycles. The van der Waals surface area contributed by atoms with Crippen molar-refractivity contribution in [3.05, 3.63) is 77.0 Å². The van der Waals surface area contributed by atoms with E-state index in [0.717, 1.165) is 30.3 Å². The van der Waals surface area contributed by atoms with E-state index >= 15 is 0 Å². The molecule has 1 fully saturated rings. The normalized spacial score (nSPS) is 15.0. The predicted molar refractivity (Wildman–Crippen MR) is 173 cm³/mol. The highest BCUT2D eigenvalue weighted by atomic mass is 16.5. The van der Waals surface area contributed by atoms with Crippen LogP contribution >= 0.6 is 0 Å². The zero-order valence-electron chi connectivity index (χ0n) is 25.7. The minimum Gasteiger partial charge on any atom is -0.455 e. The highest BCUT2D eigenvalue weighted by Crippen LogP contribution is 2.52. The van der Waals surface area contributed by atoms with Gasteiger partial charge in [0.05, 0.1) is 10.9 Å². The average molecular weight is 543 g/mol. The van der Waals surface area contributed by atoms with Crippen molar-refractivity contribution in [2.45, 2.75) is 79.6 Å². The number of benzene rings is 4. The molecule has 0 amide bonds. The lowest BCUT2D eigenvalue weighted by atomic mass is 9.84.